The number of halogens is 8. The quantitative estimate of drug-likeness (QED) is 0.172. The molecule has 1 saturated heterocycles. The SMILES string of the molecule is Cc1cc(C)c(-c2cc(C(F)(F)F)c(F)c(C(CC(=O)O)NC(=O)C(CC(C)C)n3cc(CCCN4CCC4)c(C(F)(F)F)cc3=O)c2F)c(C)c1. The van der Waals surface area contributed by atoms with Crippen molar-refractivity contribution in [3.05, 3.63) is 91.4 Å². The molecule has 2 aromatic carbocycles. The number of carboxylic acid groups (broad SMARTS) is 1. The van der Waals surface area contributed by atoms with Crippen LogP contribution >= 0.6 is 0 Å². The second-order valence-electron chi connectivity index (χ2n) is 13.8. The summed E-state index contributed by atoms with van der Waals surface area (Å²) in [5, 5.41) is 11.9. The summed E-state index contributed by atoms with van der Waals surface area (Å²) >= 11 is 0. The highest BCUT2D eigenvalue weighted by Gasteiger charge is 2.41. The number of aryl methyl sites for hydroxylation is 4. The van der Waals surface area contributed by atoms with Gasteiger partial charge in [0.2, 0.25) is 5.91 Å². The molecule has 15 heteroatoms. The molecule has 2 N–H and O–H groups in total. The first-order valence-electron chi connectivity index (χ1n) is 16.8. The Kier molecular flexibility index (Phi) is 12.3. The van der Waals surface area contributed by atoms with Gasteiger partial charge in [-0.15, -0.1) is 0 Å². The van der Waals surface area contributed by atoms with Crippen molar-refractivity contribution in [3.8, 4) is 11.1 Å². The van der Waals surface area contributed by atoms with Gasteiger partial charge in [-0.05, 0) is 100 Å². The van der Waals surface area contributed by atoms with Crippen molar-refractivity contribution >= 4 is 11.9 Å². The zero-order chi connectivity index (χ0) is 38.9. The molecule has 2 heterocycles. The van der Waals surface area contributed by atoms with Gasteiger partial charge in [0, 0.05) is 23.4 Å². The van der Waals surface area contributed by atoms with E-state index in [1.807, 2.05) is 4.90 Å². The third kappa shape index (κ3) is 9.20. The van der Waals surface area contributed by atoms with Crippen LogP contribution in [0.4, 0.5) is 35.1 Å². The summed E-state index contributed by atoms with van der Waals surface area (Å²) in [7, 11) is 0. The summed E-state index contributed by atoms with van der Waals surface area (Å²) in [4.78, 5) is 41.3. The fourth-order valence-corrected chi connectivity index (χ4v) is 6.81. The highest BCUT2D eigenvalue weighted by molar-refractivity contribution is 5.82. The van der Waals surface area contributed by atoms with Gasteiger partial charge in [0.05, 0.1) is 23.6 Å². The molecule has 52 heavy (non-hydrogen) atoms. The standard InChI is InChI=1S/C37H41F8N3O4/c1-19(2)12-28(48-18-23(8-6-9-47-10-7-11-47)25(16-29(48)49)36(40,41)42)35(52)46-27(17-30(50)51)32-33(38)24(15-26(34(32)39)37(43,44)45)31-21(4)13-20(3)14-22(31)5/h13-16,18-19,27-28H,6-12,17H2,1-5H3,(H,46,52)(H,50,51). The fraction of sp³-hybridized carbons (Fsp3) is 0.486. The first kappa shape index (κ1) is 40.5. The molecule has 1 amide bonds. The molecule has 1 aliphatic heterocycles. The second kappa shape index (κ2) is 15.8. The molecule has 284 valence electrons. The number of amides is 1. The number of alkyl halides is 6. The van der Waals surface area contributed by atoms with E-state index in [-0.39, 0.29) is 24.0 Å². The van der Waals surface area contributed by atoms with Crippen LogP contribution in [0.3, 0.4) is 0 Å². The number of benzene rings is 2. The summed E-state index contributed by atoms with van der Waals surface area (Å²) in [6.07, 6.45) is -9.68. The lowest BCUT2D eigenvalue weighted by atomic mass is 9.88. The summed E-state index contributed by atoms with van der Waals surface area (Å²) < 4.78 is 118. The number of nitrogens with one attached hydrogen (secondary N) is 1. The third-order valence-corrected chi connectivity index (χ3v) is 9.20. The number of nitrogens with zero attached hydrogens (tertiary/aromatic N) is 2. The largest absolute Gasteiger partial charge is 0.481 e. The van der Waals surface area contributed by atoms with Gasteiger partial charge in [-0.3, -0.25) is 14.4 Å². The van der Waals surface area contributed by atoms with Crippen LogP contribution in [0.2, 0.25) is 0 Å². The molecular formula is C37H41F8N3O4. The van der Waals surface area contributed by atoms with Crippen molar-refractivity contribution in [1.82, 2.24) is 14.8 Å². The van der Waals surface area contributed by atoms with E-state index in [4.69, 9.17) is 0 Å². The highest BCUT2D eigenvalue weighted by Crippen LogP contribution is 2.42. The minimum atomic E-state index is -5.37. The minimum absolute atomic E-state index is 0.00544. The maximum atomic E-state index is 16.5. The highest BCUT2D eigenvalue weighted by atomic mass is 19.4. The summed E-state index contributed by atoms with van der Waals surface area (Å²) in [5.41, 5.74) is -5.22. The molecule has 1 aromatic heterocycles. The molecule has 3 aromatic rings. The van der Waals surface area contributed by atoms with Gasteiger partial charge in [0.15, 0.2) is 0 Å². The molecule has 0 aliphatic carbocycles. The van der Waals surface area contributed by atoms with E-state index in [0.29, 0.717) is 41.8 Å². The average molecular weight is 744 g/mol. The number of aromatic nitrogens is 1. The Morgan fingerprint density at radius 2 is 1.50 bits per heavy atom. The fourth-order valence-electron chi connectivity index (χ4n) is 6.81. The van der Waals surface area contributed by atoms with Gasteiger partial charge in [0.25, 0.3) is 5.56 Å². The van der Waals surface area contributed by atoms with Crippen molar-refractivity contribution < 1.29 is 49.8 Å². The van der Waals surface area contributed by atoms with E-state index in [0.717, 1.165) is 30.3 Å². The number of pyridine rings is 1. The summed E-state index contributed by atoms with van der Waals surface area (Å²) in [5.74, 6) is -7.04. The smallest absolute Gasteiger partial charge is 0.419 e. The molecule has 4 rings (SSSR count). The molecule has 0 bridgehead atoms. The van der Waals surface area contributed by atoms with Crippen LogP contribution in [0.25, 0.3) is 11.1 Å². The number of aliphatic carboxylic acids is 1. The summed E-state index contributed by atoms with van der Waals surface area (Å²) in [6.45, 7) is 10.1. The number of carbonyl (C=O) groups excluding carboxylic acids is 1. The molecule has 7 nitrogen and oxygen atoms in total. The van der Waals surface area contributed by atoms with Crippen molar-refractivity contribution in [2.24, 2.45) is 5.92 Å². The van der Waals surface area contributed by atoms with Crippen molar-refractivity contribution in [2.45, 2.75) is 91.2 Å². The van der Waals surface area contributed by atoms with Gasteiger partial charge in [-0.1, -0.05) is 31.5 Å². The predicted octanol–water partition coefficient (Wildman–Crippen LogP) is 8.31. The van der Waals surface area contributed by atoms with Gasteiger partial charge in [-0.25, -0.2) is 8.78 Å². The van der Waals surface area contributed by atoms with E-state index in [9.17, 15) is 45.8 Å². The lowest BCUT2D eigenvalue weighted by Gasteiger charge is -2.30. The van der Waals surface area contributed by atoms with Crippen LogP contribution in [-0.4, -0.2) is 46.1 Å². The molecule has 2 atom stereocenters. The third-order valence-electron chi connectivity index (χ3n) is 9.20. The number of likely N-dealkylation sites (tertiary alicyclic amines) is 1. The van der Waals surface area contributed by atoms with E-state index in [2.05, 4.69) is 5.32 Å². The minimum Gasteiger partial charge on any atom is -0.481 e. The lowest BCUT2D eigenvalue weighted by Crippen LogP contribution is -2.41. The second-order valence-corrected chi connectivity index (χ2v) is 13.8. The monoisotopic (exact) mass is 743 g/mol. The Bertz CT molecular complexity index is 1860. The Balaban J connectivity index is 1.86. The number of hydrogen-bond acceptors (Lipinski definition) is 4. The van der Waals surface area contributed by atoms with Crippen molar-refractivity contribution in [1.29, 1.82) is 0 Å². The first-order valence-corrected chi connectivity index (χ1v) is 16.8. The van der Waals surface area contributed by atoms with Gasteiger partial charge in [-0.2, -0.15) is 26.3 Å². The van der Waals surface area contributed by atoms with Crippen LogP contribution in [-0.2, 0) is 28.4 Å². The Labute approximate surface area is 295 Å². The van der Waals surface area contributed by atoms with Crippen LogP contribution in [0.1, 0.15) is 90.6 Å². The molecule has 1 aliphatic rings. The van der Waals surface area contributed by atoms with E-state index in [1.54, 1.807) is 32.9 Å². The first-order chi connectivity index (χ1) is 24.1. The Morgan fingerprint density at radius 1 is 0.904 bits per heavy atom. The van der Waals surface area contributed by atoms with Gasteiger partial charge >= 0.3 is 18.3 Å². The Morgan fingerprint density at radius 3 is 2.00 bits per heavy atom. The van der Waals surface area contributed by atoms with Crippen molar-refractivity contribution in [2.75, 3.05) is 19.6 Å². The molecule has 2 unspecified atom stereocenters. The average Bonchev–Trinajstić information content (AvgIpc) is 2.96. The van der Waals surface area contributed by atoms with Crippen molar-refractivity contribution in [3.63, 3.8) is 0 Å². The van der Waals surface area contributed by atoms with Crippen LogP contribution < -0.4 is 10.9 Å². The van der Waals surface area contributed by atoms with Gasteiger partial charge in [0.1, 0.15) is 17.7 Å². The number of carboxylic acids is 1. The van der Waals surface area contributed by atoms with E-state index >= 15 is 8.78 Å². The molecule has 0 radical (unpaired) electrons. The zero-order valence-electron chi connectivity index (χ0n) is 29.4. The normalized spacial score (nSPS) is 15.0. The van der Waals surface area contributed by atoms with Gasteiger partial charge < -0.3 is 19.9 Å². The zero-order valence-corrected chi connectivity index (χ0v) is 29.4. The van der Waals surface area contributed by atoms with Crippen LogP contribution in [0.15, 0.2) is 35.3 Å². The maximum absolute atomic E-state index is 16.5. The molecule has 0 spiro atoms. The maximum Gasteiger partial charge on any atom is 0.419 e. The molecule has 0 saturated carbocycles. The van der Waals surface area contributed by atoms with E-state index < -0.39 is 88.1 Å². The van der Waals surface area contributed by atoms with Crippen LogP contribution in [0, 0.1) is 38.3 Å². The Hall–Kier alpha value is -4.27. The summed E-state index contributed by atoms with van der Waals surface area (Å²) in [6, 6.07) is -0.0473. The van der Waals surface area contributed by atoms with E-state index in [1.165, 1.54) is 13.8 Å². The topological polar surface area (TPSA) is 91.6 Å². The molecular weight excluding hydrogens is 702 g/mol. The molecule has 1 fully saturated rings. The number of hydrogen-bond donors (Lipinski definition) is 2. The lowest BCUT2D eigenvalue weighted by molar-refractivity contribution is -0.140. The predicted molar refractivity (Wildman–Crippen MR) is 178 cm³/mol. The van der Waals surface area contributed by atoms with Crippen LogP contribution in [0.5, 0.6) is 0 Å². The number of rotatable bonds is 13. The number of carbonyl (C=O) groups is 2.